The number of rotatable bonds is 6. The van der Waals surface area contributed by atoms with Crippen molar-refractivity contribution < 1.29 is 4.79 Å². The van der Waals surface area contributed by atoms with Gasteiger partial charge in [-0.2, -0.15) is 0 Å². The minimum Gasteiger partial charge on any atom is -0.340 e. The fourth-order valence-corrected chi connectivity index (χ4v) is 5.43. The molecule has 0 N–H and O–H groups in total. The fourth-order valence-electron chi connectivity index (χ4n) is 5.43. The number of hydrogen-bond donors (Lipinski definition) is 0. The highest BCUT2D eigenvalue weighted by atomic mass is 16.2. The highest BCUT2D eigenvalue weighted by Gasteiger charge is 2.32. The first-order valence-electron chi connectivity index (χ1n) is 12.5. The Morgan fingerprint density at radius 2 is 1.41 bits per heavy atom. The second-order valence-electron chi connectivity index (χ2n) is 9.50. The molecular formula is C29H34N4O. The van der Waals surface area contributed by atoms with Gasteiger partial charge in [0, 0.05) is 51.0 Å². The summed E-state index contributed by atoms with van der Waals surface area (Å²) in [5.74, 6) is 0.521. The van der Waals surface area contributed by atoms with Crippen molar-refractivity contribution in [3.8, 4) is 0 Å². The summed E-state index contributed by atoms with van der Waals surface area (Å²) in [5, 5.41) is 0. The molecule has 0 unspecified atom stereocenters. The molecule has 1 amide bonds. The summed E-state index contributed by atoms with van der Waals surface area (Å²) in [6.45, 7) is 6.31. The number of piperazine rings is 1. The summed E-state index contributed by atoms with van der Waals surface area (Å²) < 4.78 is 0. The van der Waals surface area contributed by atoms with Crippen LogP contribution in [-0.2, 0) is 11.3 Å². The minimum atomic E-state index is 0.163. The van der Waals surface area contributed by atoms with Crippen molar-refractivity contribution in [3.63, 3.8) is 0 Å². The van der Waals surface area contributed by atoms with E-state index in [1.54, 1.807) is 0 Å². The van der Waals surface area contributed by atoms with Crippen molar-refractivity contribution in [2.75, 3.05) is 39.3 Å². The number of likely N-dealkylation sites (tertiary alicyclic amines) is 1. The zero-order chi connectivity index (χ0) is 23.2. The number of amides is 1. The predicted octanol–water partition coefficient (Wildman–Crippen LogP) is 4.23. The Hall–Kier alpha value is -3.02. The molecule has 5 rings (SSSR count). The minimum absolute atomic E-state index is 0.163. The van der Waals surface area contributed by atoms with Gasteiger partial charge in [-0.1, -0.05) is 66.7 Å². The van der Waals surface area contributed by atoms with E-state index in [2.05, 4.69) is 86.4 Å². The van der Waals surface area contributed by atoms with Crippen LogP contribution in [0.5, 0.6) is 0 Å². The maximum absolute atomic E-state index is 13.3. The van der Waals surface area contributed by atoms with Crippen LogP contribution in [0.15, 0.2) is 85.2 Å². The van der Waals surface area contributed by atoms with Crippen molar-refractivity contribution >= 4 is 5.91 Å². The van der Waals surface area contributed by atoms with E-state index in [-0.39, 0.29) is 12.0 Å². The molecule has 176 valence electrons. The molecule has 5 heteroatoms. The third-order valence-corrected chi connectivity index (χ3v) is 7.29. The van der Waals surface area contributed by atoms with Crippen LogP contribution in [0.3, 0.4) is 0 Å². The summed E-state index contributed by atoms with van der Waals surface area (Å²) in [6.07, 6.45) is 5.66. The van der Waals surface area contributed by atoms with Crippen LogP contribution in [0.2, 0.25) is 0 Å². The lowest BCUT2D eigenvalue weighted by atomic mass is 9.94. The van der Waals surface area contributed by atoms with E-state index in [9.17, 15) is 4.79 Å². The molecule has 3 aromatic rings. The summed E-state index contributed by atoms with van der Waals surface area (Å²) in [5.41, 5.74) is 3.87. The van der Waals surface area contributed by atoms with Gasteiger partial charge in [0.05, 0.1) is 6.04 Å². The first-order chi connectivity index (χ1) is 16.8. The van der Waals surface area contributed by atoms with Gasteiger partial charge in [0.1, 0.15) is 0 Å². The number of pyridine rings is 1. The Morgan fingerprint density at radius 1 is 0.794 bits per heavy atom. The number of piperidine rings is 1. The topological polar surface area (TPSA) is 39.7 Å². The van der Waals surface area contributed by atoms with Crippen LogP contribution in [0.25, 0.3) is 0 Å². The van der Waals surface area contributed by atoms with Crippen LogP contribution in [0.4, 0.5) is 0 Å². The van der Waals surface area contributed by atoms with Gasteiger partial charge in [0.15, 0.2) is 0 Å². The van der Waals surface area contributed by atoms with Crippen molar-refractivity contribution in [2.24, 2.45) is 5.92 Å². The third kappa shape index (κ3) is 5.37. The van der Waals surface area contributed by atoms with Crippen molar-refractivity contribution in [3.05, 3.63) is 102 Å². The molecule has 0 saturated carbocycles. The molecule has 34 heavy (non-hydrogen) atoms. The Kier molecular flexibility index (Phi) is 7.32. The van der Waals surface area contributed by atoms with E-state index in [0.29, 0.717) is 5.91 Å². The Morgan fingerprint density at radius 3 is 1.97 bits per heavy atom. The van der Waals surface area contributed by atoms with Gasteiger partial charge in [-0.25, -0.2) is 0 Å². The molecule has 0 atom stereocenters. The monoisotopic (exact) mass is 454 g/mol. The van der Waals surface area contributed by atoms with Gasteiger partial charge in [-0.15, -0.1) is 0 Å². The molecule has 2 saturated heterocycles. The molecule has 3 heterocycles. The lowest BCUT2D eigenvalue weighted by Gasteiger charge is -2.41. The maximum atomic E-state index is 13.3. The quantitative estimate of drug-likeness (QED) is 0.559. The summed E-state index contributed by atoms with van der Waals surface area (Å²) >= 11 is 0. The standard InChI is InChI=1S/C29H34N4O/c34-29(27-13-16-31(17-14-27)23-24-8-7-15-30-22-24)33-20-18-32(19-21-33)28(25-9-3-1-4-10-25)26-11-5-2-6-12-26/h1-12,15,22,27-28H,13-14,16-21,23H2. The average molecular weight is 455 g/mol. The highest BCUT2D eigenvalue weighted by molar-refractivity contribution is 5.79. The second kappa shape index (κ2) is 10.9. The number of aromatic nitrogens is 1. The predicted molar refractivity (Wildman–Crippen MR) is 135 cm³/mol. The molecule has 5 nitrogen and oxygen atoms in total. The van der Waals surface area contributed by atoms with Crippen molar-refractivity contribution in [1.82, 2.24) is 19.7 Å². The van der Waals surface area contributed by atoms with E-state index in [1.165, 1.54) is 16.7 Å². The second-order valence-corrected chi connectivity index (χ2v) is 9.50. The molecule has 2 fully saturated rings. The number of nitrogens with zero attached hydrogens (tertiary/aromatic N) is 4. The fraction of sp³-hybridized carbons (Fsp3) is 0.379. The smallest absolute Gasteiger partial charge is 0.225 e. The summed E-state index contributed by atoms with van der Waals surface area (Å²) in [7, 11) is 0. The van der Waals surface area contributed by atoms with Crippen LogP contribution in [0, 0.1) is 5.92 Å². The molecular weight excluding hydrogens is 420 g/mol. The van der Waals surface area contributed by atoms with Crippen molar-refractivity contribution in [2.45, 2.75) is 25.4 Å². The lowest BCUT2D eigenvalue weighted by Crippen LogP contribution is -2.52. The molecule has 2 aromatic carbocycles. The van der Waals surface area contributed by atoms with Gasteiger partial charge >= 0.3 is 0 Å². The van der Waals surface area contributed by atoms with E-state index in [0.717, 1.165) is 58.7 Å². The van der Waals surface area contributed by atoms with Gasteiger partial charge in [0.25, 0.3) is 0 Å². The number of carbonyl (C=O) groups excluding carboxylic acids is 1. The first-order valence-corrected chi connectivity index (χ1v) is 12.5. The van der Waals surface area contributed by atoms with Gasteiger partial charge in [-0.05, 0) is 48.7 Å². The number of carbonyl (C=O) groups is 1. The van der Waals surface area contributed by atoms with E-state index in [4.69, 9.17) is 0 Å². The van der Waals surface area contributed by atoms with Crippen molar-refractivity contribution in [1.29, 1.82) is 0 Å². The first kappa shape index (κ1) is 22.8. The maximum Gasteiger partial charge on any atom is 0.225 e. The van der Waals surface area contributed by atoms with Crippen LogP contribution in [-0.4, -0.2) is 64.9 Å². The number of hydrogen-bond acceptors (Lipinski definition) is 4. The Labute approximate surface area is 203 Å². The van der Waals surface area contributed by atoms with Gasteiger partial charge in [0.2, 0.25) is 5.91 Å². The highest BCUT2D eigenvalue weighted by Crippen LogP contribution is 2.30. The third-order valence-electron chi connectivity index (χ3n) is 7.29. The molecule has 2 aliphatic rings. The van der Waals surface area contributed by atoms with E-state index in [1.807, 2.05) is 18.5 Å². The van der Waals surface area contributed by atoms with Gasteiger partial charge < -0.3 is 4.90 Å². The molecule has 2 aliphatic heterocycles. The molecule has 0 spiro atoms. The average Bonchev–Trinajstić information content (AvgIpc) is 2.91. The van der Waals surface area contributed by atoms with Gasteiger partial charge in [-0.3, -0.25) is 19.6 Å². The lowest BCUT2D eigenvalue weighted by molar-refractivity contribution is -0.139. The Bertz CT molecular complexity index is 988. The summed E-state index contributed by atoms with van der Waals surface area (Å²) in [4.78, 5) is 24.6. The Balaban J connectivity index is 1.17. The molecule has 0 bridgehead atoms. The van der Waals surface area contributed by atoms with Crippen LogP contribution in [0.1, 0.15) is 35.6 Å². The summed E-state index contributed by atoms with van der Waals surface area (Å²) in [6, 6.07) is 25.8. The number of benzene rings is 2. The van der Waals surface area contributed by atoms with Crippen LogP contribution >= 0.6 is 0 Å². The molecule has 1 aromatic heterocycles. The van der Waals surface area contributed by atoms with Crippen LogP contribution < -0.4 is 0 Å². The van der Waals surface area contributed by atoms with E-state index < -0.39 is 0 Å². The zero-order valence-corrected chi connectivity index (χ0v) is 19.8. The molecule has 0 radical (unpaired) electrons. The largest absolute Gasteiger partial charge is 0.340 e. The van der Waals surface area contributed by atoms with E-state index >= 15 is 0 Å². The SMILES string of the molecule is O=C(C1CCN(Cc2cccnc2)CC1)N1CCN(C(c2ccccc2)c2ccccc2)CC1. The normalized spacial score (nSPS) is 18.3. The molecule has 0 aliphatic carbocycles. The zero-order valence-electron chi connectivity index (χ0n) is 19.8.